The third-order valence-electron chi connectivity index (χ3n) is 2.81. The molecule has 0 bridgehead atoms. The Hall–Kier alpha value is -1.51. The zero-order valence-electron chi connectivity index (χ0n) is 10.8. The molecule has 0 saturated heterocycles. The Morgan fingerprint density at radius 2 is 1.79 bits per heavy atom. The molecule has 2 rings (SSSR count). The smallest absolute Gasteiger partial charge is 0.119 e. The second-order valence-electron chi connectivity index (χ2n) is 4.38. The zero-order valence-corrected chi connectivity index (χ0v) is 11.6. The van der Waals surface area contributed by atoms with Gasteiger partial charge in [0.05, 0.1) is 6.61 Å². The molecule has 0 heterocycles. The Morgan fingerprint density at radius 3 is 2.47 bits per heavy atom. The molecule has 0 aromatic heterocycles. The van der Waals surface area contributed by atoms with Gasteiger partial charge in [0, 0.05) is 5.02 Å². The van der Waals surface area contributed by atoms with Gasteiger partial charge < -0.3 is 9.84 Å². The quantitative estimate of drug-likeness (QED) is 0.886. The van der Waals surface area contributed by atoms with E-state index in [4.69, 9.17) is 16.3 Å². The summed E-state index contributed by atoms with van der Waals surface area (Å²) >= 11 is 5.94. The molecule has 19 heavy (non-hydrogen) atoms. The van der Waals surface area contributed by atoms with Gasteiger partial charge in [0.2, 0.25) is 0 Å². The van der Waals surface area contributed by atoms with Crippen molar-refractivity contribution in [2.75, 3.05) is 6.61 Å². The van der Waals surface area contributed by atoms with E-state index >= 15 is 0 Å². The van der Waals surface area contributed by atoms with Crippen LogP contribution in [0.3, 0.4) is 0 Å². The van der Waals surface area contributed by atoms with E-state index in [1.54, 1.807) is 12.1 Å². The molecule has 3 heteroatoms. The van der Waals surface area contributed by atoms with Crippen LogP contribution < -0.4 is 4.74 Å². The summed E-state index contributed by atoms with van der Waals surface area (Å²) in [4.78, 5) is 0. The zero-order chi connectivity index (χ0) is 13.7. The van der Waals surface area contributed by atoms with Crippen molar-refractivity contribution in [1.82, 2.24) is 0 Å². The molecule has 1 atom stereocenters. The van der Waals surface area contributed by atoms with Crippen molar-refractivity contribution in [1.29, 1.82) is 0 Å². The van der Waals surface area contributed by atoms with Gasteiger partial charge in [-0.15, -0.1) is 0 Å². The minimum atomic E-state index is -0.691. The molecule has 1 unspecified atom stereocenters. The van der Waals surface area contributed by atoms with Crippen LogP contribution in [0.4, 0.5) is 0 Å². The summed E-state index contributed by atoms with van der Waals surface area (Å²) in [6.07, 6.45) is 0.269. The molecule has 0 aliphatic heterocycles. The topological polar surface area (TPSA) is 29.5 Å². The number of rotatable bonds is 5. The van der Waals surface area contributed by atoms with Crippen molar-refractivity contribution < 1.29 is 9.84 Å². The average Bonchev–Trinajstić information content (AvgIpc) is 2.44. The van der Waals surface area contributed by atoms with Gasteiger partial charge in [-0.25, -0.2) is 0 Å². The summed E-state index contributed by atoms with van der Waals surface area (Å²) in [6, 6.07) is 14.8. The molecule has 0 saturated carbocycles. The van der Waals surface area contributed by atoms with Gasteiger partial charge >= 0.3 is 0 Å². The van der Waals surface area contributed by atoms with Crippen LogP contribution in [0, 0.1) is 0 Å². The van der Waals surface area contributed by atoms with Gasteiger partial charge in [-0.1, -0.05) is 42.8 Å². The second kappa shape index (κ2) is 6.60. The molecule has 1 N–H and O–H groups in total. The van der Waals surface area contributed by atoms with E-state index in [2.05, 4.69) is 6.92 Å². The summed E-state index contributed by atoms with van der Waals surface area (Å²) in [6.45, 7) is 2.74. The molecule has 2 aromatic rings. The molecule has 0 aliphatic rings. The Labute approximate surface area is 118 Å². The van der Waals surface area contributed by atoms with E-state index in [1.165, 1.54) is 0 Å². The largest absolute Gasteiger partial charge is 0.494 e. The number of benzene rings is 2. The minimum Gasteiger partial charge on any atom is -0.494 e. The van der Waals surface area contributed by atoms with Crippen LogP contribution in [0.2, 0.25) is 5.02 Å². The molecule has 2 nitrogen and oxygen atoms in total. The SMILES string of the molecule is CCCOc1cccc(C(O)c2cccc(Cl)c2)c1. The maximum Gasteiger partial charge on any atom is 0.119 e. The number of halogens is 1. The van der Waals surface area contributed by atoms with Gasteiger partial charge in [-0.2, -0.15) is 0 Å². The monoisotopic (exact) mass is 276 g/mol. The molecule has 0 amide bonds. The van der Waals surface area contributed by atoms with E-state index in [0.29, 0.717) is 11.6 Å². The van der Waals surface area contributed by atoms with Crippen LogP contribution in [-0.4, -0.2) is 11.7 Å². The van der Waals surface area contributed by atoms with Gasteiger partial charge in [0.15, 0.2) is 0 Å². The fourth-order valence-electron chi connectivity index (χ4n) is 1.86. The molecule has 2 aromatic carbocycles. The first-order valence-corrected chi connectivity index (χ1v) is 6.75. The number of ether oxygens (including phenoxy) is 1. The minimum absolute atomic E-state index is 0.620. The van der Waals surface area contributed by atoms with E-state index in [0.717, 1.165) is 23.3 Å². The van der Waals surface area contributed by atoms with Crippen LogP contribution in [0.5, 0.6) is 5.75 Å². The number of aliphatic hydroxyl groups excluding tert-OH is 1. The van der Waals surface area contributed by atoms with Crippen molar-refractivity contribution in [2.24, 2.45) is 0 Å². The first kappa shape index (κ1) is 13.9. The summed E-state index contributed by atoms with van der Waals surface area (Å²) in [5.74, 6) is 0.778. The summed E-state index contributed by atoms with van der Waals surface area (Å²) < 4.78 is 5.57. The molecule has 100 valence electrons. The van der Waals surface area contributed by atoms with E-state index in [-0.39, 0.29) is 0 Å². The lowest BCUT2D eigenvalue weighted by Gasteiger charge is -2.13. The normalized spacial score (nSPS) is 12.2. The Balaban J connectivity index is 2.21. The molecule has 0 fully saturated rings. The predicted octanol–water partition coefficient (Wildman–Crippen LogP) is 4.21. The van der Waals surface area contributed by atoms with Crippen molar-refractivity contribution in [2.45, 2.75) is 19.4 Å². The van der Waals surface area contributed by atoms with Crippen LogP contribution >= 0.6 is 11.6 Å². The highest BCUT2D eigenvalue weighted by atomic mass is 35.5. The Morgan fingerprint density at radius 1 is 1.11 bits per heavy atom. The van der Waals surface area contributed by atoms with E-state index < -0.39 is 6.10 Å². The van der Waals surface area contributed by atoms with Crippen LogP contribution in [0.1, 0.15) is 30.6 Å². The number of hydrogen-bond acceptors (Lipinski definition) is 2. The fourth-order valence-corrected chi connectivity index (χ4v) is 2.06. The first-order valence-electron chi connectivity index (χ1n) is 6.37. The van der Waals surface area contributed by atoms with E-state index in [9.17, 15) is 5.11 Å². The molecule has 0 aliphatic carbocycles. The van der Waals surface area contributed by atoms with Crippen molar-refractivity contribution in [3.8, 4) is 5.75 Å². The summed E-state index contributed by atoms with van der Waals surface area (Å²) in [5, 5.41) is 11.0. The fraction of sp³-hybridized carbons (Fsp3) is 0.250. The lowest BCUT2D eigenvalue weighted by atomic mass is 10.0. The summed E-state index contributed by atoms with van der Waals surface area (Å²) in [7, 11) is 0. The van der Waals surface area contributed by atoms with Gasteiger partial charge in [0.1, 0.15) is 11.9 Å². The molecule has 0 radical (unpaired) electrons. The highest BCUT2D eigenvalue weighted by Crippen LogP contribution is 2.26. The predicted molar refractivity (Wildman–Crippen MR) is 77.7 cm³/mol. The first-order chi connectivity index (χ1) is 9.20. The van der Waals surface area contributed by atoms with Gasteiger partial charge in [-0.05, 0) is 41.8 Å². The van der Waals surface area contributed by atoms with Crippen molar-refractivity contribution in [3.63, 3.8) is 0 Å². The highest BCUT2D eigenvalue weighted by molar-refractivity contribution is 6.30. The maximum atomic E-state index is 10.4. The Kier molecular flexibility index (Phi) is 4.83. The summed E-state index contributed by atoms with van der Waals surface area (Å²) in [5.41, 5.74) is 1.58. The molecular formula is C16H17ClO2. The number of hydrogen-bond donors (Lipinski definition) is 1. The lowest BCUT2D eigenvalue weighted by Crippen LogP contribution is -2.01. The highest BCUT2D eigenvalue weighted by Gasteiger charge is 2.11. The second-order valence-corrected chi connectivity index (χ2v) is 4.81. The lowest BCUT2D eigenvalue weighted by molar-refractivity contribution is 0.219. The standard InChI is InChI=1S/C16H17ClO2/c1-2-9-19-15-8-4-6-13(11-15)16(18)12-5-3-7-14(17)10-12/h3-8,10-11,16,18H,2,9H2,1H3. The molecule has 0 spiro atoms. The van der Waals surface area contributed by atoms with Crippen LogP contribution in [0.25, 0.3) is 0 Å². The molecular weight excluding hydrogens is 260 g/mol. The van der Waals surface area contributed by atoms with Gasteiger partial charge in [0.25, 0.3) is 0 Å². The van der Waals surface area contributed by atoms with Crippen LogP contribution in [0.15, 0.2) is 48.5 Å². The Bertz CT molecular complexity index is 540. The number of aliphatic hydroxyl groups is 1. The van der Waals surface area contributed by atoms with E-state index in [1.807, 2.05) is 36.4 Å². The van der Waals surface area contributed by atoms with Gasteiger partial charge in [-0.3, -0.25) is 0 Å². The average molecular weight is 277 g/mol. The van der Waals surface area contributed by atoms with Crippen molar-refractivity contribution >= 4 is 11.6 Å². The third kappa shape index (κ3) is 3.72. The van der Waals surface area contributed by atoms with Crippen molar-refractivity contribution in [3.05, 3.63) is 64.7 Å². The third-order valence-corrected chi connectivity index (χ3v) is 3.05. The van der Waals surface area contributed by atoms with Crippen LogP contribution in [-0.2, 0) is 0 Å². The maximum absolute atomic E-state index is 10.4.